The number of alkyl halides is 6. The van der Waals surface area contributed by atoms with Crippen molar-refractivity contribution in [3.63, 3.8) is 0 Å². The largest absolute Gasteiger partial charge is 0.511 e. The van der Waals surface area contributed by atoms with Gasteiger partial charge in [0.1, 0.15) is 5.75 Å². The van der Waals surface area contributed by atoms with E-state index in [4.69, 9.17) is 4.74 Å². The molecule has 1 aliphatic heterocycles. The number of nitrogens with zero attached hydrogens (tertiary/aromatic N) is 1. The molecule has 3 fully saturated rings. The molecule has 1 atom stereocenters. The third kappa shape index (κ3) is 3.06. The van der Waals surface area contributed by atoms with Crippen LogP contribution in [0.4, 0.5) is 32.0 Å². The zero-order valence-electron chi connectivity index (χ0n) is 15.2. The van der Waals surface area contributed by atoms with Gasteiger partial charge in [-0.15, -0.1) is 0 Å². The normalized spacial score (nSPS) is 29.8. The van der Waals surface area contributed by atoms with Crippen molar-refractivity contribution in [3.8, 4) is 5.75 Å². The van der Waals surface area contributed by atoms with Gasteiger partial charge in [-0.3, -0.25) is 0 Å². The van der Waals surface area contributed by atoms with Crippen molar-refractivity contribution in [2.24, 2.45) is 11.3 Å². The van der Waals surface area contributed by atoms with Crippen molar-refractivity contribution in [1.29, 1.82) is 0 Å². The van der Waals surface area contributed by atoms with Crippen LogP contribution in [-0.4, -0.2) is 37.9 Å². The second-order valence-corrected chi connectivity index (χ2v) is 9.88. The Kier molecular flexibility index (Phi) is 4.37. The standard InChI is InChI=1S/C17H18F6N2O3S/c1-28-14-10-7-25(29(26,27)17(21,22)23)8-13(15-4-9(5-15)6-15)24-12(10)3-2-11(14)16(18,19)20/h2-3,9,13,24H,4-8H2,1H3. The van der Waals surface area contributed by atoms with Crippen LogP contribution in [0.1, 0.15) is 30.4 Å². The highest BCUT2D eigenvalue weighted by atomic mass is 32.2. The van der Waals surface area contributed by atoms with Gasteiger partial charge in [-0.05, 0) is 42.7 Å². The molecule has 1 aromatic rings. The molecule has 3 aliphatic carbocycles. The summed E-state index contributed by atoms with van der Waals surface area (Å²) >= 11 is 0. The number of hydrogen-bond acceptors (Lipinski definition) is 4. The molecule has 0 spiro atoms. The lowest BCUT2D eigenvalue weighted by Crippen LogP contribution is -2.63. The molecule has 29 heavy (non-hydrogen) atoms. The van der Waals surface area contributed by atoms with E-state index in [1.165, 1.54) is 0 Å². The Hall–Kier alpha value is -1.69. The first kappa shape index (κ1) is 20.6. The summed E-state index contributed by atoms with van der Waals surface area (Å²) < 4.78 is 109. The molecule has 1 heterocycles. The van der Waals surface area contributed by atoms with E-state index in [0.29, 0.717) is 5.92 Å². The van der Waals surface area contributed by atoms with E-state index in [0.717, 1.165) is 38.5 Å². The van der Waals surface area contributed by atoms with Gasteiger partial charge in [-0.1, -0.05) is 0 Å². The summed E-state index contributed by atoms with van der Waals surface area (Å²) in [6, 6.07) is 1.29. The van der Waals surface area contributed by atoms with E-state index in [-0.39, 0.29) is 21.0 Å². The lowest BCUT2D eigenvalue weighted by atomic mass is 9.42. The van der Waals surface area contributed by atoms with Crippen molar-refractivity contribution < 1.29 is 39.5 Å². The van der Waals surface area contributed by atoms with Gasteiger partial charge in [-0.2, -0.15) is 30.6 Å². The molecule has 162 valence electrons. The number of sulfonamides is 1. The van der Waals surface area contributed by atoms with E-state index in [9.17, 15) is 34.8 Å². The first-order valence-corrected chi connectivity index (χ1v) is 10.3. The summed E-state index contributed by atoms with van der Waals surface area (Å²) in [5.41, 5.74) is -7.17. The van der Waals surface area contributed by atoms with Gasteiger partial charge >= 0.3 is 21.7 Å². The second-order valence-electron chi connectivity index (χ2n) is 7.95. The van der Waals surface area contributed by atoms with Gasteiger partial charge in [0.25, 0.3) is 0 Å². The van der Waals surface area contributed by atoms with Gasteiger partial charge in [-0.25, -0.2) is 8.42 Å². The lowest BCUT2D eigenvalue weighted by Gasteiger charge is -2.65. The fourth-order valence-electron chi connectivity index (χ4n) is 4.70. The predicted octanol–water partition coefficient (Wildman–Crippen LogP) is 3.96. The van der Waals surface area contributed by atoms with Crippen LogP contribution < -0.4 is 10.1 Å². The zero-order chi connectivity index (χ0) is 21.4. The molecule has 0 amide bonds. The average molecular weight is 444 g/mol. The Morgan fingerprint density at radius 3 is 2.21 bits per heavy atom. The summed E-state index contributed by atoms with van der Waals surface area (Å²) in [6.45, 7) is -1.35. The Balaban J connectivity index is 1.83. The second kappa shape index (κ2) is 6.16. The van der Waals surface area contributed by atoms with E-state index in [1.807, 2.05) is 0 Å². The number of hydrogen-bond donors (Lipinski definition) is 1. The number of benzene rings is 1. The Bertz CT molecular complexity index is 927. The smallest absolute Gasteiger partial charge is 0.496 e. The van der Waals surface area contributed by atoms with Gasteiger partial charge in [0.05, 0.1) is 12.7 Å². The molecule has 12 heteroatoms. The third-order valence-electron chi connectivity index (χ3n) is 6.28. The Morgan fingerprint density at radius 1 is 1.14 bits per heavy atom. The minimum absolute atomic E-state index is 0.157. The molecular formula is C17H18F6N2O3S. The number of anilines is 1. The maximum atomic E-state index is 13.4. The van der Waals surface area contributed by atoms with E-state index in [2.05, 4.69) is 5.32 Å². The van der Waals surface area contributed by atoms with Crippen LogP contribution in [0, 0.1) is 11.3 Å². The van der Waals surface area contributed by atoms with Gasteiger partial charge in [0.2, 0.25) is 0 Å². The van der Waals surface area contributed by atoms with Crippen molar-refractivity contribution in [1.82, 2.24) is 4.31 Å². The molecule has 4 aliphatic rings. The predicted molar refractivity (Wildman–Crippen MR) is 90.6 cm³/mol. The number of ether oxygens (including phenoxy) is 1. The highest BCUT2D eigenvalue weighted by Gasteiger charge is 2.62. The van der Waals surface area contributed by atoms with Crippen molar-refractivity contribution in [3.05, 3.63) is 23.3 Å². The van der Waals surface area contributed by atoms with Crippen LogP contribution in [0.15, 0.2) is 12.1 Å². The van der Waals surface area contributed by atoms with Crippen LogP contribution in [0.25, 0.3) is 0 Å². The minimum atomic E-state index is -5.74. The number of nitrogens with one attached hydrogen (secondary N) is 1. The average Bonchev–Trinajstić information content (AvgIpc) is 2.68. The first-order valence-electron chi connectivity index (χ1n) is 8.88. The van der Waals surface area contributed by atoms with Crippen LogP contribution in [0.3, 0.4) is 0 Å². The molecule has 1 unspecified atom stereocenters. The summed E-state index contributed by atoms with van der Waals surface area (Å²) in [7, 11) is -4.77. The molecule has 0 saturated heterocycles. The molecular weight excluding hydrogens is 426 g/mol. The van der Waals surface area contributed by atoms with E-state index >= 15 is 0 Å². The van der Waals surface area contributed by atoms with Gasteiger partial charge in [0, 0.05) is 30.4 Å². The van der Waals surface area contributed by atoms with E-state index in [1.54, 1.807) is 0 Å². The topological polar surface area (TPSA) is 58.6 Å². The SMILES string of the molecule is COc1c(C(F)(F)F)ccc2c1CN(S(=O)(=O)C(F)(F)F)CC(C13CC(C1)C3)N2. The fourth-order valence-corrected chi connectivity index (χ4v) is 5.64. The van der Waals surface area contributed by atoms with Gasteiger partial charge < -0.3 is 10.1 Å². The van der Waals surface area contributed by atoms with Crippen molar-refractivity contribution >= 4 is 15.7 Å². The molecule has 3 saturated carbocycles. The number of rotatable bonds is 3. The summed E-state index contributed by atoms with van der Waals surface area (Å²) in [5, 5.41) is 3.03. The van der Waals surface area contributed by atoms with Gasteiger partial charge in [0.15, 0.2) is 0 Å². The number of fused-ring (bicyclic) bond motifs is 1. The summed E-state index contributed by atoms with van der Waals surface area (Å²) in [4.78, 5) is 0. The van der Waals surface area contributed by atoms with Crippen LogP contribution >= 0.6 is 0 Å². The quantitative estimate of drug-likeness (QED) is 0.718. The molecule has 1 N–H and O–H groups in total. The molecule has 5 nitrogen and oxygen atoms in total. The summed E-state index contributed by atoms with van der Waals surface area (Å²) in [6.07, 6.45) is -2.53. The Morgan fingerprint density at radius 2 is 1.76 bits per heavy atom. The highest BCUT2D eigenvalue weighted by molar-refractivity contribution is 7.89. The first-order chi connectivity index (χ1) is 13.3. The third-order valence-corrected chi connectivity index (χ3v) is 7.82. The fraction of sp³-hybridized carbons (Fsp3) is 0.647. The van der Waals surface area contributed by atoms with Crippen LogP contribution in [0.2, 0.25) is 0 Å². The molecule has 5 rings (SSSR count). The minimum Gasteiger partial charge on any atom is -0.496 e. The van der Waals surface area contributed by atoms with E-state index < -0.39 is 52.2 Å². The number of halogens is 6. The Labute approximate surface area is 163 Å². The maximum absolute atomic E-state index is 13.4. The highest BCUT2D eigenvalue weighted by Crippen LogP contribution is 2.67. The molecule has 1 aromatic carbocycles. The molecule has 0 radical (unpaired) electrons. The van der Waals surface area contributed by atoms with Crippen molar-refractivity contribution in [2.45, 2.75) is 43.5 Å². The molecule has 0 aromatic heterocycles. The van der Waals surface area contributed by atoms with Crippen molar-refractivity contribution in [2.75, 3.05) is 19.0 Å². The zero-order valence-corrected chi connectivity index (χ0v) is 16.0. The van der Waals surface area contributed by atoms with Crippen LogP contribution in [0.5, 0.6) is 5.75 Å². The monoisotopic (exact) mass is 444 g/mol. The lowest BCUT2D eigenvalue weighted by molar-refractivity contribution is -0.138. The maximum Gasteiger partial charge on any atom is 0.511 e. The molecule has 2 bridgehead atoms. The number of methoxy groups -OCH3 is 1. The van der Waals surface area contributed by atoms with Crippen LogP contribution in [-0.2, 0) is 22.7 Å². The summed E-state index contributed by atoms with van der Waals surface area (Å²) in [5.74, 6) is -0.197.